The Labute approximate surface area is 442 Å². The van der Waals surface area contributed by atoms with Gasteiger partial charge in [-0.2, -0.15) is 0 Å². The average molecular weight is 965 g/mol. The number of nitrogens with zero attached hydrogens (tertiary/aromatic N) is 7. The van der Waals surface area contributed by atoms with Gasteiger partial charge in [-0.3, -0.25) is 44.5 Å². The Morgan fingerprint density at radius 2 is 0.845 bits per heavy atom. The van der Waals surface area contributed by atoms with Crippen LogP contribution in [0.1, 0.15) is 55.5 Å². The number of aldehydes is 2. The van der Waals surface area contributed by atoms with Crippen LogP contribution < -0.4 is 59.6 Å². The summed E-state index contributed by atoms with van der Waals surface area (Å²) in [5.41, 5.74) is 13.6. The van der Waals surface area contributed by atoms with Crippen LogP contribution >= 0.6 is 0 Å². The number of methoxy groups -OCH3 is 4. The molecule has 2 aromatic carbocycles. The van der Waals surface area contributed by atoms with Crippen molar-refractivity contribution in [1.82, 2.24) is 35.2 Å². The number of aromatic nitrogens is 6. The van der Waals surface area contributed by atoms with Crippen LogP contribution in [-0.4, -0.2) is 85.5 Å². The average Bonchev–Trinajstić information content (AvgIpc) is 3.43. The van der Waals surface area contributed by atoms with Crippen LogP contribution in [0.4, 0.5) is 0 Å². The first-order valence-electron chi connectivity index (χ1n) is 21.4. The molecule has 0 saturated heterocycles. The van der Waals surface area contributed by atoms with Crippen LogP contribution in [0.15, 0.2) is 189 Å². The predicted octanol–water partition coefficient (Wildman–Crippen LogP) is 5.56. The van der Waals surface area contributed by atoms with Crippen LogP contribution in [-0.2, 0) is 26.2 Å². The minimum atomic E-state index is 0. The smallest absolute Gasteiger partial charge is 1.00 e. The molecule has 71 heavy (non-hydrogen) atoms. The van der Waals surface area contributed by atoms with E-state index in [1.54, 1.807) is 101 Å². The van der Waals surface area contributed by atoms with Gasteiger partial charge in [-0.1, -0.05) is 6.07 Å². The number of rotatable bonds is 14. The van der Waals surface area contributed by atoms with Gasteiger partial charge >= 0.3 is 29.6 Å². The summed E-state index contributed by atoms with van der Waals surface area (Å²) in [6, 6.07) is 33.8. The Balaban J connectivity index is 0.000000846. The van der Waals surface area contributed by atoms with E-state index in [0.29, 0.717) is 35.7 Å². The predicted molar refractivity (Wildman–Crippen MR) is 277 cm³/mol. The molecule has 0 aliphatic heterocycles. The van der Waals surface area contributed by atoms with Crippen molar-refractivity contribution in [3.8, 4) is 23.0 Å². The van der Waals surface area contributed by atoms with Crippen LogP contribution in [0.25, 0.3) is 0 Å². The third-order valence-electron chi connectivity index (χ3n) is 9.04. The molecule has 0 unspecified atom stereocenters. The third-order valence-corrected chi connectivity index (χ3v) is 9.04. The van der Waals surface area contributed by atoms with E-state index in [2.05, 4.69) is 40.2 Å². The number of ether oxygens (including phenoxy) is 4. The second kappa shape index (κ2) is 39.4. The molecule has 0 bridgehead atoms. The molecule has 6 aromatic heterocycles. The molecule has 0 saturated carbocycles. The van der Waals surface area contributed by atoms with Gasteiger partial charge in [-0.25, -0.2) is 0 Å². The number of hydrogen-bond donors (Lipinski definition) is 2. The van der Waals surface area contributed by atoms with E-state index in [4.69, 9.17) is 24.7 Å². The number of pyridine rings is 6. The van der Waals surface area contributed by atoms with Gasteiger partial charge in [0.15, 0.2) is 23.0 Å². The second-order valence-corrected chi connectivity index (χ2v) is 14.0. The first-order chi connectivity index (χ1) is 33.8. The van der Waals surface area contributed by atoms with Crippen LogP contribution in [0.2, 0.25) is 0 Å². The Hall–Kier alpha value is -7.47. The maximum Gasteiger partial charge on any atom is 1.00 e. The fourth-order valence-electron chi connectivity index (χ4n) is 5.38. The molecule has 15 nitrogen and oxygen atoms in total. The molecule has 0 atom stereocenters. The third kappa shape index (κ3) is 26.8. The summed E-state index contributed by atoms with van der Waals surface area (Å²) < 4.78 is 20.1. The molecular formula is C54H60BN9NaO6. The molecule has 3 radical (unpaired) electrons. The fourth-order valence-corrected chi connectivity index (χ4v) is 5.38. The maximum absolute atomic E-state index is 10.4. The summed E-state index contributed by atoms with van der Waals surface area (Å²) >= 11 is 0. The van der Waals surface area contributed by atoms with Gasteiger partial charge in [-0.05, 0) is 143 Å². The molecular weight excluding hydrogens is 904 g/mol. The molecule has 8 rings (SSSR count). The van der Waals surface area contributed by atoms with E-state index < -0.39 is 0 Å². The van der Waals surface area contributed by atoms with Crippen molar-refractivity contribution >= 4 is 27.2 Å². The van der Waals surface area contributed by atoms with E-state index in [0.717, 1.165) is 53.9 Å². The van der Waals surface area contributed by atoms with E-state index >= 15 is 0 Å². The van der Waals surface area contributed by atoms with Crippen molar-refractivity contribution < 1.29 is 59.5 Å². The molecule has 3 N–H and O–H groups in total. The summed E-state index contributed by atoms with van der Waals surface area (Å²) in [6.07, 6.45) is 24.4. The number of hydrogen-bond acceptors (Lipinski definition) is 15. The molecule has 0 aliphatic rings. The van der Waals surface area contributed by atoms with Crippen molar-refractivity contribution in [3.63, 3.8) is 0 Å². The van der Waals surface area contributed by atoms with E-state index in [1.165, 1.54) is 23.8 Å². The number of aliphatic imine (C=N–C) groups is 1. The van der Waals surface area contributed by atoms with Gasteiger partial charge in [0, 0.05) is 120 Å². The molecule has 6 heterocycles. The van der Waals surface area contributed by atoms with Crippen LogP contribution in [0.3, 0.4) is 0 Å². The number of carbonyl (C=O) groups excluding carboxylic acids is 2. The van der Waals surface area contributed by atoms with Crippen LogP contribution in [0.5, 0.6) is 23.0 Å². The minimum Gasteiger partial charge on any atom is -1.00 e. The summed E-state index contributed by atoms with van der Waals surface area (Å²) in [4.78, 5) is 48.1. The zero-order valence-electron chi connectivity index (χ0n) is 42.1. The Kier molecular flexibility index (Phi) is 34.1. The molecule has 0 spiro atoms. The van der Waals surface area contributed by atoms with E-state index in [-0.39, 0.29) is 39.4 Å². The minimum absolute atomic E-state index is 0. The summed E-state index contributed by atoms with van der Waals surface area (Å²) in [6.45, 7) is 5.03. The van der Waals surface area contributed by atoms with Crippen molar-refractivity contribution in [2.24, 2.45) is 10.7 Å². The van der Waals surface area contributed by atoms with Gasteiger partial charge in [-0.15, -0.1) is 0 Å². The number of aryl methyl sites for hydroxylation is 1. The normalized spacial score (nSPS) is 9.38. The van der Waals surface area contributed by atoms with E-state index in [1.807, 2.05) is 117 Å². The number of nitrogens with two attached hydrogens (primary N) is 1. The molecule has 0 amide bonds. The van der Waals surface area contributed by atoms with Crippen molar-refractivity contribution in [2.45, 2.75) is 33.1 Å². The molecule has 0 aliphatic carbocycles. The Morgan fingerprint density at radius 3 is 1.23 bits per heavy atom. The number of benzene rings is 2. The zero-order valence-corrected chi connectivity index (χ0v) is 43.1. The van der Waals surface area contributed by atoms with Gasteiger partial charge < -0.3 is 31.4 Å². The SMILES string of the molecule is C(=NCc1ccncc1)c1ccncc1.COc1ccc(C)cc1OC.COc1ccc(C=O)cc1OC.NCc1ccncc1.O=Cc1ccncc1.[B].[H-].[Na+].c1cc(CNCc2ccncc2)ccn1. The van der Waals surface area contributed by atoms with Gasteiger partial charge in [0.1, 0.15) is 12.6 Å². The fraction of sp³-hybridized carbons (Fsp3) is 0.167. The van der Waals surface area contributed by atoms with E-state index in [9.17, 15) is 9.59 Å². The van der Waals surface area contributed by atoms with Crippen molar-refractivity contribution in [2.75, 3.05) is 28.4 Å². The first-order valence-corrected chi connectivity index (χ1v) is 21.4. The first kappa shape index (κ1) is 61.6. The topological polar surface area (TPSA) is 199 Å². The zero-order chi connectivity index (χ0) is 49.6. The van der Waals surface area contributed by atoms with Crippen LogP contribution in [0, 0.1) is 6.92 Å². The van der Waals surface area contributed by atoms with Gasteiger partial charge in [0.2, 0.25) is 0 Å². The number of nitrogens with one attached hydrogen (secondary N) is 1. The molecule has 361 valence electrons. The second-order valence-electron chi connectivity index (χ2n) is 14.0. The Morgan fingerprint density at radius 1 is 0.479 bits per heavy atom. The summed E-state index contributed by atoms with van der Waals surface area (Å²) in [5.74, 6) is 2.76. The molecule has 8 aromatic rings. The molecule has 17 heteroatoms. The summed E-state index contributed by atoms with van der Waals surface area (Å²) in [7, 11) is 6.36. The quantitative estimate of drug-likeness (QED) is 0.0780. The van der Waals surface area contributed by atoms with Crippen molar-refractivity contribution in [3.05, 3.63) is 228 Å². The molecule has 0 fully saturated rings. The summed E-state index contributed by atoms with van der Waals surface area (Å²) in [5, 5.41) is 3.36. The maximum atomic E-state index is 10.4. The van der Waals surface area contributed by atoms with Gasteiger partial charge in [0.25, 0.3) is 0 Å². The van der Waals surface area contributed by atoms with Crippen molar-refractivity contribution in [1.29, 1.82) is 0 Å². The number of carbonyl (C=O) groups is 2. The largest absolute Gasteiger partial charge is 1.00 e. The standard InChI is InChI=1S/C12H13N3.C12H11N3.C9H10O3.C9H12O2.C6H8N2.C6H5NO.B.Na.H/c2*1-5-13-6-2-11(1)9-15-10-12-3-7-14-8-4-12;1-11-8-4-3-7(6-10)5-9(8)12-2;1-7-4-5-8(10-2)9(6-7)11-3;7-5-6-1-3-8-4-2-6;8-5-6-1-3-7-4-2-6;;;/h1-8,15H,9-10H2;1-9H,10H2;3-6H,1-2H3;4-6H,1-3H3;1-4H,5,7H2;1-5H;;;/q;;;;;;;+1;-1. The Bertz CT molecular complexity index is 2570. The van der Waals surface area contributed by atoms with Gasteiger partial charge in [0.05, 0.1) is 35.0 Å². The monoisotopic (exact) mass is 964 g/mol.